The minimum atomic E-state index is -0.203. The van der Waals surface area contributed by atoms with E-state index in [1.807, 2.05) is 37.3 Å². The Morgan fingerprint density at radius 3 is 2.61 bits per heavy atom. The van der Waals surface area contributed by atoms with Gasteiger partial charge in [-0.1, -0.05) is 29.8 Å². The van der Waals surface area contributed by atoms with E-state index in [0.29, 0.717) is 27.9 Å². The van der Waals surface area contributed by atoms with Crippen molar-refractivity contribution in [2.75, 3.05) is 18.5 Å². The number of rotatable bonds is 7. The molecule has 0 saturated carbocycles. The Hall–Kier alpha value is -2.83. The maximum Gasteiger partial charge on any atom is 0.265 e. The Morgan fingerprint density at radius 2 is 1.86 bits per heavy atom. The molecular weight excluding hydrogens is 396 g/mol. The first-order chi connectivity index (χ1) is 13.5. The highest BCUT2D eigenvalue weighted by molar-refractivity contribution is 7.17. The van der Waals surface area contributed by atoms with Crippen LogP contribution in [0.15, 0.2) is 60.7 Å². The molecule has 144 valence electrons. The summed E-state index contributed by atoms with van der Waals surface area (Å²) in [6.07, 6.45) is 0. The number of ether oxygens (including phenoxy) is 1. The van der Waals surface area contributed by atoms with Crippen LogP contribution in [0.25, 0.3) is 10.4 Å². The van der Waals surface area contributed by atoms with Gasteiger partial charge in [0.25, 0.3) is 11.8 Å². The van der Waals surface area contributed by atoms with E-state index in [9.17, 15) is 9.59 Å². The van der Waals surface area contributed by atoms with Crippen LogP contribution in [-0.4, -0.2) is 25.0 Å². The van der Waals surface area contributed by atoms with Gasteiger partial charge in [-0.25, -0.2) is 0 Å². The first-order valence-corrected chi connectivity index (χ1v) is 9.91. The van der Waals surface area contributed by atoms with Crippen LogP contribution in [0.4, 0.5) is 5.69 Å². The summed E-state index contributed by atoms with van der Waals surface area (Å²) in [7, 11) is 0. The van der Waals surface area contributed by atoms with Gasteiger partial charge in [0.1, 0.15) is 5.75 Å². The summed E-state index contributed by atoms with van der Waals surface area (Å²) in [5.41, 5.74) is 1.61. The molecule has 0 spiro atoms. The van der Waals surface area contributed by atoms with Crippen LogP contribution in [0.5, 0.6) is 5.75 Å². The summed E-state index contributed by atoms with van der Waals surface area (Å²) >= 11 is 7.32. The minimum absolute atomic E-state index is 0.0688. The lowest BCUT2D eigenvalue weighted by molar-refractivity contribution is -0.122. The number of hydrogen-bond donors (Lipinski definition) is 2. The van der Waals surface area contributed by atoms with Crippen LogP contribution < -0.4 is 15.4 Å². The summed E-state index contributed by atoms with van der Waals surface area (Å²) in [4.78, 5) is 25.6. The highest BCUT2D eigenvalue weighted by atomic mass is 35.5. The highest BCUT2D eigenvalue weighted by Crippen LogP contribution is 2.29. The van der Waals surface area contributed by atoms with Gasteiger partial charge in [0.2, 0.25) is 0 Å². The first kappa shape index (κ1) is 19.9. The molecule has 0 unspecified atom stereocenters. The Morgan fingerprint density at radius 1 is 1.07 bits per heavy atom. The Balaban J connectivity index is 1.64. The maximum atomic E-state index is 12.5. The number of carbonyl (C=O) groups excluding carboxylic acids is 2. The molecule has 0 aliphatic heterocycles. The Labute approximate surface area is 172 Å². The van der Waals surface area contributed by atoms with Crippen LogP contribution in [0.2, 0.25) is 5.02 Å². The zero-order chi connectivity index (χ0) is 19.9. The average molecular weight is 415 g/mol. The van der Waals surface area contributed by atoms with Gasteiger partial charge in [0.15, 0.2) is 6.61 Å². The molecule has 0 aliphatic rings. The molecule has 7 heteroatoms. The normalized spacial score (nSPS) is 10.4. The maximum absolute atomic E-state index is 12.5. The van der Waals surface area contributed by atoms with Crippen molar-refractivity contribution in [3.63, 3.8) is 0 Å². The van der Waals surface area contributed by atoms with Crippen molar-refractivity contribution in [1.82, 2.24) is 5.32 Å². The van der Waals surface area contributed by atoms with Gasteiger partial charge in [-0.05, 0) is 48.9 Å². The van der Waals surface area contributed by atoms with E-state index in [4.69, 9.17) is 16.3 Å². The van der Waals surface area contributed by atoms with Crippen molar-refractivity contribution in [1.29, 1.82) is 0 Å². The molecule has 3 aromatic rings. The molecule has 1 aromatic heterocycles. The fourth-order valence-electron chi connectivity index (χ4n) is 2.48. The van der Waals surface area contributed by atoms with Crippen LogP contribution >= 0.6 is 22.9 Å². The van der Waals surface area contributed by atoms with E-state index in [1.165, 1.54) is 11.3 Å². The molecule has 0 radical (unpaired) electrons. The van der Waals surface area contributed by atoms with Crippen molar-refractivity contribution in [2.24, 2.45) is 0 Å². The number of benzene rings is 2. The predicted molar refractivity (Wildman–Crippen MR) is 113 cm³/mol. The van der Waals surface area contributed by atoms with Gasteiger partial charge in [0, 0.05) is 28.2 Å². The number of likely N-dealkylation sites (N-methyl/N-ethyl adjacent to an activating group) is 1. The number of thiophene rings is 1. The molecule has 3 rings (SSSR count). The van der Waals surface area contributed by atoms with Crippen LogP contribution in [0.1, 0.15) is 16.6 Å². The van der Waals surface area contributed by atoms with Gasteiger partial charge in [-0.15, -0.1) is 11.3 Å². The molecule has 0 saturated heterocycles. The van der Waals surface area contributed by atoms with E-state index in [-0.39, 0.29) is 18.4 Å². The second kappa shape index (κ2) is 9.39. The van der Waals surface area contributed by atoms with Gasteiger partial charge in [0.05, 0.1) is 4.88 Å². The number of anilines is 1. The molecule has 28 heavy (non-hydrogen) atoms. The van der Waals surface area contributed by atoms with Crippen LogP contribution in [0.3, 0.4) is 0 Å². The lowest BCUT2D eigenvalue weighted by atomic mass is 10.2. The standard InChI is InChI=1S/C21H19ClN2O3S/c1-2-23-20(25)13-27-17-5-3-4-16(12-17)24-21(26)19-11-10-18(28-19)14-6-8-15(22)9-7-14/h3-12H,2,13H2,1H3,(H,23,25)(H,24,26). The number of halogens is 1. The monoisotopic (exact) mass is 414 g/mol. The summed E-state index contributed by atoms with van der Waals surface area (Å²) in [5, 5.41) is 6.19. The van der Waals surface area contributed by atoms with Crippen LogP contribution in [0, 0.1) is 0 Å². The summed E-state index contributed by atoms with van der Waals surface area (Å²) in [5.74, 6) is 0.119. The van der Waals surface area contributed by atoms with E-state index in [2.05, 4.69) is 10.6 Å². The van der Waals surface area contributed by atoms with E-state index >= 15 is 0 Å². The zero-order valence-corrected chi connectivity index (χ0v) is 16.8. The Kier molecular flexibility index (Phi) is 6.68. The van der Waals surface area contributed by atoms with Gasteiger partial charge in [-0.3, -0.25) is 9.59 Å². The predicted octanol–water partition coefficient (Wildman–Crippen LogP) is 4.84. The molecule has 1 heterocycles. The number of amides is 2. The van der Waals surface area contributed by atoms with E-state index in [1.54, 1.807) is 30.3 Å². The number of nitrogens with one attached hydrogen (secondary N) is 2. The molecular formula is C21H19ClN2O3S. The topological polar surface area (TPSA) is 67.4 Å². The van der Waals surface area contributed by atoms with Gasteiger partial charge in [-0.2, -0.15) is 0 Å². The molecule has 0 fully saturated rings. The minimum Gasteiger partial charge on any atom is -0.484 e. The van der Waals surface area contributed by atoms with E-state index < -0.39 is 0 Å². The number of hydrogen-bond acceptors (Lipinski definition) is 4. The first-order valence-electron chi connectivity index (χ1n) is 8.72. The summed E-state index contributed by atoms with van der Waals surface area (Å²) in [6, 6.07) is 18.1. The lowest BCUT2D eigenvalue weighted by Gasteiger charge is -2.08. The third-order valence-electron chi connectivity index (χ3n) is 3.79. The van der Waals surface area contributed by atoms with Crippen LogP contribution in [-0.2, 0) is 4.79 Å². The fourth-order valence-corrected chi connectivity index (χ4v) is 3.52. The van der Waals surface area contributed by atoms with Crippen molar-refractivity contribution >= 4 is 40.4 Å². The van der Waals surface area contributed by atoms with Crippen molar-refractivity contribution in [2.45, 2.75) is 6.92 Å². The fraction of sp³-hybridized carbons (Fsp3) is 0.143. The molecule has 0 atom stereocenters. The number of carbonyl (C=O) groups is 2. The molecule has 0 aliphatic carbocycles. The second-order valence-corrected chi connectivity index (χ2v) is 7.42. The largest absolute Gasteiger partial charge is 0.484 e. The van der Waals surface area contributed by atoms with Crippen molar-refractivity contribution in [3.05, 3.63) is 70.6 Å². The third-order valence-corrected chi connectivity index (χ3v) is 5.18. The molecule has 2 aromatic carbocycles. The SMILES string of the molecule is CCNC(=O)COc1cccc(NC(=O)c2ccc(-c3ccc(Cl)cc3)s2)c1. The molecule has 5 nitrogen and oxygen atoms in total. The molecule has 0 bridgehead atoms. The third kappa shape index (κ3) is 5.34. The molecule has 2 N–H and O–H groups in total. The highest BCUT2D eigenvalue weighted by Gasteiger charge is 2.11. The Bertz CT molecular complexity index is 970. The quantitative estimate of drug-likeness (QED) is 0.581. The van der Waals surface area contributed by atoms with Crippen molar-refractivity contribution in [3.8, 4) is 16.2 Å². The van der Waals surface area contributed by atoms with Gasteiger partial charge < -0.3 is 15.4 Å². The average Bonchev–Trinajstić information content (AvgIpc) is 3.18. The summed E-state index contributed by atoms with van der Waals surface area (Å²) < 4.78 is 5.45. The lowest BCUT2D eigenvalue weighted by Crippen LogP contribution is -2.28. The summed E-state index contributed by atoms with van der Waals surface area (Å²) in [6.45, 7) is 2.33. The van der Waals surface area contributed by atoms with E-state index in [0.717, 1.165) is 10.4 Å². The smallest absolute Gasteiger partial charge is 0.265 e. The van der Waals surface area contributed by atoms with Gasteiger partial charge >= 0.3 is 0 Å². The second-order valence-electron chi connectivity index (χ2n) is 5.89. The molecule has 2 amide bonds. The van der Waals surface area contributed by atoms with Crippen molar-refractivity contribution < 1.29 is 14.3 Å². The zero-order valence-electron chi connectivity index (χ0n) is 15.2.